The molecule has 42 heavy (non-hydrogen) atoms. The molecule has 1 aliphatic rings. The number of methoxy groups -OCH3 is 1. The summed E-state index contributed by atoms with van der Waals surface area (Å²) >= 11 is 0. The molecule has 0 spiro atoms. The number of piperidine rings is 1. The quantitative estimate of drug-likeness (QED) is 0.240. The first-order chi connectivity index (χ1) is 19.6. The van der Waals surface area contributed by atoms with E-state index >= 15 is 8.78 Å². The Bertz CT molecular complexity index is 1600. The molecule has 0 bridgehead atoms. The van der Waals surface area contributed by atoms with Crippen LogP contribution >= 0.6 is 0 Å². The molecule has 1 N–H and O–H groups in total. The molecule has 0 radical (unpaired) electrons. The summed E-state index contributed by atoms with van der Waals surface area (Å²) in [4.78, 5) is 2.07. The lowest BCUT2D eigenvalue weighted by Gasteiger charge is -2.34. The normalized spacial score (nSPS) is 15.6. The Morgan fingerprint density at radius 3 is 2.38 bits per heavy atom. The van der Waals surface area contributed by atoms with Gasteiger partial charge in [-0.2, -0.15) is 13.2 Å². The molecule has 0 amide bonds. The second kappa shape index (κ2) is 12.1. The van der Waals surface area contributed by atoms with E-state index in [2.05, 4.69) is 17.2 Å². The smallest absolute Gasteiger partial charge is 0.406 e. The minimum Gasteiger partial charge on any atom is -0.495 e. The zero-order valence-electron chi connectivity index (χ0n) is 23.9. The standard InChI is InChI=1S/C30H34F5N3O3S/c1-20(2)42(39,40)23-10-11-26(28(18-23)41-4)36-14-6-7-22-17-24-25(30(34,35)21-12-15-37(3)16-13-21)8-5-9-27(24)38(22)19-29(31,32)33/h5,8-11,17-18,20-21,36H,12-16,19H2,1-4H3. The molecule has 0 saturated carbocycles. The number of aromatic nitrogens is 1. The highest BCUT2D eigenvalue weighted by atomic mass is 32.2. The first-order valence-electron chi connectivity index (χ1n) is 13.6. The Kier molecular flexibility index (Phi) is 9.14. The third-order valence-electron chi connectivity index (χ3n) is 7.58. The van der Waals surface area contributed by atoms with Crippen molar-refractivity contribution in [2.75, 3.05) is 39.1 Å². The summed E-state index contributed by atoms with van der Waals surface area (Å²) in [5.74, 6) is 1.59. The van der Waals surface area contributed by atoms with Gasteiger partial charge in [-0.3, -0.25) is 0 Å². The van der Waals surface area contributed by atoms with Crippen LogP contribution in [0.3, 0.4) is 0 Å². The van der Waals surface area contributed by atoms with Crippen LogP contribution < -0.4 is 10.1 Å². The third-order valence-corrected chi connectivity index (χ3v) is 9.73. The fourth-order valence-corrected chi connectivity index (χ4v) is 6.23. The molecule has 4 rings (SSSR count). The number of halogens is 5. The fourth-order valence-electron chi connectivity index (χ4n) is 5.16. The number of nitrogens with one attached hydrogen (secondary N) is 1. The number of alkyl halides is 5. The molecule has 1 aliphatic heterocycles. The lowest BCUT2D eigenvalue weighted by molar-refractivity contribution is -0.140. The minimum atomic E-state index is -4.60. The van der Waals surface area contributed by atoms with Crippen LogP contribution in [0.5, 0.6) is 5.75 Å². The van der Waals surface area contributed by atoms with E-state index in [1.165, 1.54) is 49.6 Å². The van der Waals surface area contributed by atoms with Gasteiger partial charge in [0.15, 0.2) is 9.84 Å². The first kappa shape index (κ1) is 31.6. The van der Waals surface area contributed by atoms with Crippen molar-refractivity contribution >= 4 is 26.4 Å². The maximum Gasteiger partial charge on any atom is 0.406 e. The molecule has 2 aromatic carbocycles. The first-order valence-corrected chi connectivity index (χ1v) is 15.1. The Balaban J connectivity index is 1.65. The van der Waals surface area contributed by atoms with E-state index in [1.54, 1.807) is 13.8 Å². The van der Waals surface area contributed by atoms with Crippen molar-refractivity contribution in [1.82, 2.24) is 9.47 Å². The second-order valence-electron chi connectivity index (χ2n) is 10.8. The average molecular weight is 612 g/mol. The van der Waals surface area contributed by atoms with Gasteiger partial charge in [0, 0.05) is 28.5 Å². The van der Waals surface area contributed by atoms with Crippen LogP contribution in [0.4, 0.5) is 27.6 Å². The van der Waals surface area contributed by atoms with Crippen LogP contribution in [-0.4, -0.2) is 63.1 Å². The van der Waals surface area contributed by atoms with Gasteiger partial charge in [0.25, 0.3) is 5.92 Å². The van der Waals surface area contributed by atoms with Crippen LogP contribution in [0.25, 0.3) is 10.9 Å². The molecule has 0 aliphatic carbocycles. The molecule has 0 atom stereocenters. The summed E-state index contributed by atoms with van der Waals surface area (Å²) in [5.41, 5.74) is 0.141. The highest BCUT2D eigenvalue weighted by molar-refractivity contribution is 7.92. The number of hydrogen-bond acceptors (Lipinski definition) is 5. The van der Waals surface area contributed by atoms with Crippen LogP contribution in [0, 0.1) is 17.8 Å². The highest BCUT2D eigenvalue weighted by Gasteiger charge is 2.44. The van der Waals surface area contributed by atoms with Gasteiger partial charge in [-0.25, -0.2) is 17.2 Å². The summed E-state index contributed by atoms with van der Waals surface area (Å²) in [5, 5.41) is 2.40. The van der Waals surface area contributed by atoms with Gasteiger partial charge in [-0.05, 0) is 77.0 Å². The van der Waals surface area contributed by atoms with E-state index < -0.39 is 39.6 Å². The lowest BCUT2D eigenvalue weighted by atomic mass is 9.85. The van der Waals surface area contributed by atoms with Gasteiger partial charge in [-0.1, -0.05) is 18.1 Å². The predicted octanol–water partition coefficient (Wildman–Crippen LogP) is 6.29. The van der Waals surface area contributed by atoms with Crippen LogP contribution in [-0.2, 0) is 22.3 Å². The van der Waals surface area contributed by atoms with Crippen molar-refractivity contribution in [3.63, 3.8) is 0 Å². The summed E-state index contributed by atoms with van der Waals surface area (Å²) < 4.78 is 103. The minimum absolute atomic E-state index is 0.0290. The molecule has 2 heterocycles. The highest BCUT2D eigenvalue weighted by Crippen LogP contribution is 2.44. The number of sulfone groups is 1. The van der Waals surface area contributed by atoms with Gasteiger partial charge in [0.2, 0.25) is 0 Å². The van der Waals surface area contributed by atoms with E-state index in [-0.39, 0.29) is 52.2 Å². The van der Waals surface area contributed by atoms with Gasteiger partial charge in [-0.15, -0.1) is 0 Å². The molecule has 6 nitrogen and oxygen atoms in total. The Morgan fingerprint density at radius 2 is 1.76 bits per heavy atom. The van der Waals surface area contributed by atoms with Gasteiger partial charge >= 0.3 is 6.18 Å². The number of anilines is 1. The van der Waals surface area contributed by atoms with Crippen molar-refractivity contribution in [1.29, 1.82) is 0 Å². The molecule has 12 heteroatoms. The van der Waals surface area contributed by atoms with E-state index in [0.717, 1.165) is 4.57 Å². The van der Waals surface area contributed by atoms with Crippen molar-refractivity contribution in [2.45, 2.75) is 55.5 Å². The topological polar surface area (TPSA) is 63.6 Å². The number of ether oxygens (including phenoxy) is 1. The molecule has 1 fully saturated rings. The fraction of sp³-hybridized carbons (Fsp3) is 0.467. The van der Waals surface area contributed by atoms with Crippen LogP contribution in [0.15, 0.2) is 47.4 Å². The number of fused-ring (bicyclic) bond motifs is 1. The summed E-state index contributed by atoms with van der Waals surface area (Å²) in [6, 6.07) is 9.69. The number of nitrogens with zero attached hydrogens (tertiary/aromatic N) is 2. The number of hydrogen-bond donors (Lipinski definition) is 1. The summed E-state index contributed by atoms with van der Waals surface area (Å²) in [7, 11) is -0.279. The van der Waals surface area contributed by atoms with Crippen LogP contribution in [0.2, 0.25) is 0 Å². The van der Waals surface area contributed by atoms with Crippen LogP contribution in [0.1, 0.15) is 37.9 Å². The second-order valence-corrected chi connectivity index (χ2v) is 13.3. The maximum atomic E-state index is 15.7. The van der Waals surface area contributed by atoms with E-state index in [0.29, 0.717) is 18.8 Å². The van der Waals surface area contributed by atoms with E-state index in [4.69, 9.17) is 4.74 Å². The largest absolute Gasteiger partial charge is 0.495 e. The van der Waals surface area contributed by atoms with Gasteiger partial charge in [0.05, 0.1) is 35.2 Å². The van der Waals surface area contributed by atoms with Crippen molar-refractivity contribution in [2.24, 2.45) is 5.92 Å². The number of rotatable bonds is 8. The molecule has 228 valence electrons. The maximum absolute atomic E-state index is 15.7. The molecular formula is C30H34F5N3O3S. The summed E-state index contributed by atoms with van der Waals surface area (Å²) in [6.07, 6.45) is -4.02. The average Bonchev–Trinajstić information content (AvgIpc) is 3.26. The SMILES string of the molecule is COc1cc(S(=O)(=O)C(C)C)ccc1NCC#Cc1cc2c(C(F)(F)C3CCN(C)CC3)cccc2n1CC(F)(F)F. The monoisotopic (exact) mass is 611 g/mol. The Morgan fingerprint density at radius 1 is 1.07 bits per heavy atom. The molecule has 3 aromatic rings. The van der Waals surface area contributed by atoms with E-state index in [1.807, 2.05) is 11.9 Å². The van der Waals surface area contributed by atoms with Crippen molar-refractivity contribution < 1.29 is 35.1 Å². The lowest BCUT2D eigenvalue weighted by Crippen LogP contribution is -2.37. The van der Waals surface area contributed by atoms with Gasteiger partial charge < -0.3 is 19.5 Å². The molecule has 0 unspecified atom stereocenters. The van der Waals surface area contributed by atoms with Gasteiger partial charge in [0.1, 0.15) is 12.3 Å². The Hall–Kier alpha value is -3.30. The van der Waals surface area contributed by atoms with Crippen molar-refractivity contribution in [3.05, 3.63) is 53.7 Å². The number of likely N-dealkylation sites (tertiary alicyclic amines) is 1. The van der Waals surface area contributed by atoms with E-state index in [9.17, 15) is 21.6 Å². The number of benzene rings is 2. The third kappa shape index (κ3) is 6.68. The zero-order chi connectivity index (χ0) is 30.9. The zero-order valence-corrected chi connectivity index (χ0v) is 24.7. The summed E-state index contributed by atoms with van der Waals surface area (Å²) in [6.45, 7) is 2.78. The molecule has 1 saturated heterocycles. The Labute approximate surface area is 242 Å². The predicted molar refractivity (Wildman–Crippen MR) is 153 cm³/mol. The molecule has 1 aromatic heterocycles. The van der Waals surface area contributed by atoms with Crippen molar-refractivity contribution in [3.8, 4) is 17.6 Å². The molecular weight excluding hydrogens is 577 g/mol.